The van der Waals surface area contributed by atoms with Crippen LogP contribution >= 0.6 is 0 Å². The van der Waals surface area contributed by atoms with Crippen molar-refractivity contribution < 1.29 is 0 Å². The standard InChI is InChI=1S/C10H20N2/c11-8-9-5-7-12-6-3-1-2-4-10(9)12/h9-10H,1-8,11H2/t9?,10-/m1/s1. The minimum absolute atomic E-state index is 0.808. The van der Waals surface area contributed by atoms with Gasteiger partial charge in [0.1, 0.15) is 0 Å². The van der Waals surface area contributed by atoms with Crippen molar-refractivity contribution in [2.45, 2.75) is 38.1 Å². The van der Waals surface area contributed by atoms with E-state index in [9.17, 15) is 0 Å². The second kappa shape index (κ2) is 3.75. The lowest BCUT2D eigenvalue weighted by Gasteiger charge is -2.24. The molecule has 0 amide bonds. The summed E-state index contributed by atoms with van der Waals surface area (Å²) in [6.45, 7) is 3.55. The molecule has 2 heteroatoms. The fourth-order valence-corrected chi connectivity index (χ4v) is 2.80. The molecule has 1 unspecified atom stereocenters. The van der Waals surface area contributed by atoms with Gasteiger partial charge in [0.15, 0.2) is 0 Å². The Kier molecular flexibility index (Phi) is 2.66. The number of rotatable bonds is 1. The minimum Gasteiger partial charge on any atom is -0.330 e. The summed E-state index contributed by atoms with van der Waals surface area (Å²) in [5, 5.41) is 0. The largest absolute Gasteiger partial charge is 0.330 e. The summed E-state index contributed by atoms with van der Waals surface area (Å²) >= 11 is 0. The van der Waals surface area contributed by atoms with Crippen molar-refractivity contribution in [1.29, 1.82) is 0 Å². The van der Waals surface area contributed by atoms with Crippen LogP contribution in [0.1, 0.15) is 32.1 Å². The summed E-state index contributed by atoms with van der Waals surface area (Å²) in [6, 6.07) is 0.845. The van der Waals surface area contributed by atoms with Gasteiger partial charge in [-0.2, -0.15) is 0 Å². The highest BCUT2D eigenvalue weighted by molar-refractivity contribution is 4.88. The topological polar surface area (TPSA) is 29.3 Å². The Balaban J connectivity index is 1.99. The molecule has 2 nitrogen and oxygen atoms in total. The maximum atomic E-state index is 5.77. The Hall–Kier alpha value is -0.0800. The first-order chi connectivity index (χ1) is 5.92. The highest BCUT2D eigenvalue weighted by Gasteiger charge is 2.33. The van der Waals surface area contributed by atoms with Crippen LogP contribution in [-0.2, 0) is 0 Å². The summed E-state index contributed by atoms with van der Waals surface area (Å²) in [6.07, 6.45) is 7.03. The molecule has 2 atom stereocenters. The molecule has 0 bridgehead atoms. The molecule has 2 N–H and O–H groups in total. The van der Waals surface area contributed by atoms with E-state index in [0.29, 0.717) is 0 Å². The second-order valence-electron chi connectivity index (χ2n) is 4.24. The molecule has 70 valence electrons. The molecule has 2 fully saturated rings. The molecule has 0 aromatic rings. The average Bonchev–Trinajstić information content (AvgIpc) is 2.33. The number of nitrogens with two attached hydrogens (primary N) is 1. The van der Waals surface area contributed by atoms with Crippen LogP contribution < -0.4 is 5.73 Å². The summed E-state index contributed by atoms with van der Waals surface area (Å²) in [5.74, 6) is 0.808. The number of nitrogens with zero attached hydrogens (tertiary/aromatic N) is 1. The predicted molar refractivity (Wildman–Crippen MR) is 51.0 cm³/mol. The minimum atomic E-state index is 0.808. The van der Waals surface area contributed by atoms with Gasteiger partial charge in [-0.15, -0.1) is 0 Å². The molecule has 2 saturated heterocycles. The summed E-state index contributed by atoms with van der Waals surface area (Å²) in [5.41, 5.74) is 5.77. The zero-order valence-electron chi connectivity index (χ0n) is 7.84. The Bertz CT molecular complexity index is 147. The first-order valence-corrected chi connectivity index (χ1v) is 5.36. The van der Waals surface area contributed by atoms with Gasteiger partial charge in [-0.1, -0.05) is 12.8 Å². The van der Waals surface area contributed by atoms with Gasteiger partial charge in [-0.25, -0.2) is 0 Å². The van der Waals surface area contributed by atoms with Crippen molar-refractivity contribution in [2.24, 2.45) is 11.7 Å². The van der Waals surface area contributed by atoms with Gasteiger partial charge in [0.25, 0.3) is 0 Å². The molecule has 0 aliphatic carbocycles. The number of hydrogen-bond acceptors (Lipinski definition) is 2. The summed E-state index contributed by atoms with van der Waals surface area (Å²) < 4.78 is 0. The number of hydrogen-bond donors (Lipinski definition) is 1. The zero-order valence-corrected chi connectivity index (χ0v) is 7.84. The Morgan fingerprint density at radius 2 is 2.00 bits per heavy atom. The molecule has 2 rings (SSSR count). The molecule has 0 aromatic heterocycles. The quantitative estimate of drug-likeness (QED) is 0.637. The van der Waals surface area contributed by atoms with Crippen LogP contribution in [0.5, 0.6) is 0 Å². The molecule has 0 radical (unpaired) electrons. The molecule has 2 aliphatic rings. The van der Waals surface area contributed by atoms with E-state index in [-0.39, 0.29) is 0 Å². The van der Waals surface area contributed by atoms with Gasteiger partial charge in [0.2, 0.25) is 0 Å². The van der Waals surface area contributed by atoms with Crippen LogP contribution in [-0.4, -0.2) is 30.6 Å². The SMILES string of the molecule is NCC1CCN2CCCCC[C@H]12. The van der Waals surface area contributed by atoms with Crippen molar-refractivity contribution in [2.75, 3.05) is 19.6 Å². The van der Waals surface area contributed by atoms with Crippen molar-refractivity contribution in [3.63, 3.8) is 0 Å². The van der Waals surface area contributed by atoms with Crippen molar-refractivity contribution >= 4 is 0 Å². The third-order valence-electron chi connectivity index (χ3n) is 3.55. The fourth-order valence-electron chi connectivity index (χ4n) is 2.80. The van der Waals surface area contributed by atoms with E-state index in [0.717, 1.165) is 18.5 Å². The lowest BCUT2D eigenvalue weighted by molar-refractivity contribution is 0.232. The predicted octanol–water partition coefficient (Wildman–Crippen LogP) is 1.21. The Morgan fingerprint density at radius 3 is 2.83 bits per heavy atom. The van der Waals surface area contributed by atoms with Gasteiger partial charge in [0, 0.05) is 6.04 Å². The van der Waals surface area contributed by atoms with Gasteiger partial charge in [0.05, 0.1) is 0 Å². The zero-order chi connectivity index (χ0) is 8.39. The molecule has 0 saturated carbocycles. The molecule has 2 aliphatic heterocycles. The maximum Gasteiger partial charge on any atom is 0.0136 e. The summed E-state index contributed by atoms with van der Waals surface area (Å²) in [7, 11) is 0. The van der Waals surface area contributed by atoms with Crippen LogP contribution in [0.4, 0.5) is 0 Å². The third-order valence-corrected chi connectivity index (χ3v) is 3.55. The Labute approximate surface area is 75.1 Å². The first-order valence-electron chi connectivity index (χ1n) is 5.36. The highest BCUT2D eigenvalue weighted by Crippen LogP contribution is 2.30. The van der Waals surface area contributed by atoms with E-state index >= 15 is 0 Å². The molecule has 2 heterocycles. The van der Waals surface area contributed by atoms with Gasteiger partial charge < -0.3 is 10.6 Å². The van der Waals surface area contributed by atoms with Crippen molar-refractivity contribution in [3.8, 4) is 0 Å². The molecular weight excluding hydrogens is 148 g/mol. The maximum absolute atomic E-state index is 5.77. The van der Waals surface area contributed by atoms with E-state index in [1.807, 2.05) is 0 Å². The van der Waals surface area contributed by atoms with E-state index in [2.05, 4.69) is 4.90 Å². The van der Waals surface area contributed by atoms with Crippen molar-refractivity contribution in [1.82, 2.24) is 4.90 Å². The first kappa shape index (κ1) is 8.52. The van der Waals surface area contributed by atoms with Crippen LogP contribution in [0, 0.1) is 5.92 Å². The highest BCUT2D eigenvalue weighted by atomic mass is 15.2. The lowest BCUT2D eigenvalue weighted by atomic mass is 9.96. The fraction of sp³-hybridized carbons (Fsp3) is 1.00. The molecule has 0 aromatic carbocycles. The van der Waals surface area contributed by atoms with E-state index < -0.39 is 0 Å². The van der Waals surface area contributed by atoms with Crippen LogP contribution in [0.3, 0.4) is 0 Å². The van der Waals surface area contributed by atoms with E-state index in [1.165, 1.54) is 45.2 Å². The van der Waals surface area contributed by atoms with E-state index in [4.69, 9.17) is 5.73 Å². The third kappa shape index (κ3) is 1.50. The molecular formula is C10H20N2. The van der Waals surface area contributed by atoms with Gasteiger partial charge in [-0.05, 0) is 44.8 Å². The smallest absolute Gasteiger partial charge is 0.0136 e. The van der Waals surface area contributed by atoms with E-state index in [1.54, 1.807) is 0 Å². The monoisotopic (exact) mass is 168 g/mol. The summed E-state index contributed by atoms with van der Waals surface area (Å²) in [4.78, 5) is 2.67. The molecule has 12 heavy (non-hydrogen) atoms. The average molecular weight is 168 g/mol. The normalized spacial score (nSPS) is 37.8. The van der Waals surface area contributed by atoms with Crippen molar-refractivity contribution in [3.05, 3.63) is 0 Å². The van der Waals surface area contributed by atoms with Gasteiger partial charge >= 0.3 is 0 Å². The second-order valence-corrected chi connectivity index (χ2v) is 4.24. The Morgan fingerprint density at radius 1 is 1.08 bits per heavy atom. The van der Waals surface area contributed by atoms with Crippen LogP contribution in [0.15, 0.2) is 0 Å². The van der Waals surface area contributed by atoms with Crippen LogP contribution in [0.25, 0.3) is 0 Å². The van der Waals surface area contributed by atoms with Gasteiger partial charge in [-0.3, -0.25) is 0 Å². The van der Waals surface area contributed by atoms with Crippen LogP contribution in [0.2, 0.25) is 0 Å². The lowest BCUT2D eigenvalue weighted by Crippen LogP contribution is -2.34. The molecule has 0 spiro atoms. The number of fused-ring (bicyclic) bond motifs is 1.